The molecule has 0 aliphatic carbocycles. The van der Waals surface area contributed by atoms with Crippen molar-refractivity contribution in [1.29, 1.82) is 0 Å². The average Bonchev–Trinajstić information content (AvgIpc) is 2.14. The maximum Gasteiger partial charge on any atom is 0.0929 e. The fourth-order valence-electron chi connectivity index (χ4n) is 1.08. The van der Waals surface area contributed by atoms with Crippen LogP contribution in [-0.4, -0.2) is 11.2 Å². The minimum atomic E-state index is -0.432. The van der Waals surface area contributed by atoms with Crippen LogP contribution in [-0.2, 0) is 0 Å². The molecule has 0 spiro atoms. The molecule has 1 unspecified atom stereocenters. The van der Waals surface area contributed by atoms with E-state index in [1.165, 1.54) is 0 Å². The molecule has 0 bridgehead atoms. The van der Waals surface area contributed by atoms with Crippen LogP contribution in [0.3, 0.4) is 0 Å². The predicted molar refractivity (Wildman–Crippen MR) is 58.7 cm³/mol. The van der Waals surface area contributed by atoms with Crippen molar-refractivity contribution in [2.75, 3.05) is 0 Å². The van der Waals surface area contributed by atoms with Crippen molar-refractivity contribution in [3.63, 3.8) is 0 Å². The Hall–Kier alpha value is -0.560. The quantitative estimate of drug-likeness (QED) is 0.598. The fourth-order valence-corrected chi connectivity index (χ4v) is 1.08. The van der Waals surface area contributed by atoms with E-state index in [-0.39, 0.29) is 0 Å². The Kier molecular flexibility index (Phi) is 7.71. The van der Waals surface area contributed by atoms with Crippen molar-refractivity contribution in [3.8, 4) is 0 Å². The minimum Gasteiger partial charge on any atom is -0.385 e. The summed E-state index contributed by atoms with van der Waals surface area (Å²) in [6.45, 7) is 8.14. The van der Waals surface area contributed by atoms with Crippen molar-refractivity contribution in [1.82, 2.24) is 0 Å². The molecule has 0 aliphatic rings. The summed E-state index contributed by atoms with van der Waals surface area (Å²) >= 11 is 0. The van der Waals surface area contributed by atoms with Crippen molar-refractivity contribution < 1.29 is 5.11 Å². The summed E-state index contributed by atoms with van der Waals surface area (Å²) in [5, 5.41) is 9.58. The second-order valence-electron chi connectivity index (χ2n) is 3.42. The van der Waals surface area contributed by atoms with Crippen LogP contribution < -0.4 is 0 Å². The first-order valence-corrected chi connectivity index (χ1v) is 5.24. The van der Waals surface area contributed by atoms with Gasteiger partial charge in [-0.15, -0.1) is 0 Å². The Morgan fingerprint density at radius 3 is 2.62 bits per heavy atom. The van der Waals surface area contributed by atoms with Crippen LogP contribution in [0.4, 0.5) is 0 Å². The number of rotatable bonds is 7. The van der Waals surface area contributed by atoms with Gasteiger partial charge in [0, 0.05) is 0 Å². The summed E-state index contributed by atoms with van der Waals surface area (Å²) in [6, 6.07) is 0. The summed E-state index contributed by atoms with van der Waals surface area (Å²) in [5.41, 5.74) is 0.939. The van der Waals surface area contributed by atoms with E-state index < -0.39 is 6.10 Å². The van der Waals surface area contributed by atoms with Crippen LogP contribution in [0.15, 0.2) is 24.3 Å². The van der Waals surface area contributed by atoms with Gasteiger partial charge in [0.25, 0.3) is 0 Å². The van der Waals surface area contributed by atoms with Crippen molar-refractivity contribution in [3.05, 3.63) is 24.3 Å². The number of unbranched alkanes of at least 4 members (excludes halogenated alkanes) is 2. The molecule has 0 heterocycles. The van der Waals surface area contributed by atoms with Crippen molar-refractivity contribution in [2.45, 2.75) is 52.1 Å². The van der Waals surface area contributed by atoms with Crippen LogP contribution in [0.25, 0.3) is 0 Å². The largest absolute Gasteiger partial charge is 0.385 e. The van der Waals surface area contributed by atoms with Gasteiger partial charge in [0.05, 0.1) is 6.10 Å². The Morgan fingerprint density at radius 1 is 1.38 bits per heavy atom. The van der Waals surface area contributed by atoms with E-state index in [0.29, 0.717) is 0 Å². The highest BCUT2D eigenvalue weighted by Crippen LogP contribution is 2.10. The average molecular weight is 182 g/mol. The van der Waals surface area contributed by atoms with Gasteiger partial charge in [-0.05, 0) is 24.8 Å². The van der Waals surface area contributed by atoms with Crippen molar-refractivity contribution in [2.24, 2.45) is 0 Å². The zero-order chi connectivity index (χ0) is 10.1. The van der Waals surface area contributed by atoms with Crippen LogP contribution >= 0.6 is 0 Å². The number of allylic oxidation sites excluding steroid dienone is 1. The first-order valence-electron chi connectivity index (χ1n) is 5.24. The Bertz CT molecular complexity index is 159. The Morgan fingerprint density at radius 2 is 2.08 bits per heavy atom. The highest BCUT2D eigenvalue weighted by atomic mass is 16.3. The lowest BCUT2D eigenvalue weighted by Gasteiger charge is -2.08. The summed E-state index contributed by atoms with van der Waals surface area (Å²) < 4.78 is 0. The summed E-state index contributed by atoms with van der Waals surface area (Å²) in [6.07, 6.45) is 8.83. The highest BCUT2D eigenvalue weighted by Gasteiger charge is 2.02. The molecule has 13 heavy (non-hydrogen) atoms. The standard InChI is InChI=1S/C12H22O/c1-4-6-8-10-12(13)11(3)9-7-5-2/h8,10,12-13H,3-7,9H2,1-2H3/b10-8+. The lowest BCUT2D eigenvalue weighted by molar-refractivity contribution is 0.254. The SMILES string of the molecule is C=C(CCCC)C(O)/C=C/CCC. The predicted octanol–water partition coefficient (Wildman–Crippen LogP) is 3.45. The minimum absolute atomic E-state index is 0.432. The smallest absolute Gasteiger partial charge is 0.0929 e. The summed E-state index contributed by atoms with van der Waals surface area (Å²) in [7, 11) is 0. The van der Waals surface area contributed by atoms with Gasteiger partial charge in [0.15, 0.2) is 0 Å². The summed E-state index contributed by atoms with van der Waals surface area (Å²) in [4.78, 5) is 0. The van der Waals surface area contributed by atoms with Gasteiger partial charge in [0.2, 0.25) is 0 Å². The molecule has 0 rings (SSSR count). The molecular formula is C12H22O. The molecule has 0 saturated heterocycles. The molecule has 0 aliphatic heterocycles. The normalized spacial score (nSPS) is 13.5. The Balaban J connectivity index is 3.68. The molecule has 0 saturated carbocycles. The molecule has 1 N–H and O–H groups in total. The molecule has 0 aromatic carbocycles. The lowest BCUT2D eigenvalue weighted by Crippen LogP contribution is -2.05. The third kappa shape index (κ3) is 6.59. The van der Waals surface area contributed by atoms with E-state index in [0.717, 1.165) is 37.7 Å². The second kappa shape index (κ2) is 8.06. The summed E-state index contributed by atoms with van der Waals surface area (Å²) in [5.74, 6) is 0. The molecule has 1 nitrogen and oxygen atoms in total. The van der Waals surface area contributed by atoms with Crippen LogP contribution in [0.5, 0.6) is 0 Å². The topological polar surface area (TPSA) is 20.2 Å². The molecule has 0 aromatic rings. The van der Waals surface area contributed by atoms with E-state index in [2.05, 4.69) is 20.4 Å². The van der Waals surface area contributed by atoms with Gasteiger partial charge in [-0.1, -0.05) is 45.4 Å². The molecule has 76 valence electrons. The molecule has 1 atom stereocenters. The van der Waals surface area contributed by atoms with Crippen molar-refractivity contribution >= 4 is 0 Å². The van der Waals surface area contributed by atoms with E-state index >= 15 is 0 Å². The van der Waals surface area contributed by atoms with Gasteiger partial charge < -0.3 is 5.11 Å². The molecule has 0 aromatic heterocycles. The van der Waals surface area contributed by atoms with Crippen LogP contribution in [0.1, 0.15) is 46.0 Å². The lowest BCUT2D eigenvalue weighted by atomic mass is 10.0. The van der Waals surface area contributed by atoms with E-state index in [9.17, 15) is 5.11 Å². The van der Waals surface area contributed by atoms with E-state index in [1.807, 2.05) is 12.2 Å². The molecule has 0 fully saturated rings. The van der Waals surface area contributed by atoms with E-state index in [1.54, 1.807) is 0 Å². The maximum atomic E-state index is 9.58. The zero-order valence-electron chi connectivity index (χ0n) is 8.92. The first-order chi connectivity index (χ1) is 6.22. The number of aliphatic hydroxyl groups excluding tert-OH is 1. The van der Waals surface area contributed by atoms with Gasteiger partial charge in [-0.3, -0.25) is 0 Å². The van der Waals surface area contributed by atoms with E-state index in [4.69, 9.17) is 0 Å². The van der Waals surface area contributed by atoms with Gasteiger partial charge in [0.1, 0.15) is 0 Å². The maximum absolute atomic E-state index is 9.58. The zero-order valence-corrected chi connectivity index (χ0v) is 8.92. The fraction of sp³-hybridized carbons (Fsp3) is 0.667. The van der Waals surface area contributed by atoms with Crippen LogP contribution in [0, 0.1) is 0 Å². The second-order valence-corrected chi connectivity index (χ2v) is 3.42. The highest BCUT2D eigenvalue weighted by molar-refractivity contribution is 5.10. The van der Waals surface area contributed by atoms with Gasteiger partial charge in [-0.2, -0.15) is 0 Å². The van der Waals surface area contributed by atoms with Gasteiger partial charge >= 0.3 is 0 Å². The van der Waals surface area contributed by atoms with Gasteiger partial charge in [-0.25, -0.2) is 0 Å². The monoisotopic (exact) mass is 182 g/mol. The number of aliphatic hydroxyl groups is 1. The first kappa shape index (κ1) is 12.4. The molecular weight excluding hydrogens is 160 g/mol. The number of hydrogen-bond donors (Lipinski definition) is 1. The third-order valence-corrected chi connectivity index (χ3v) is 2.04. The number of hydrogen-bond acceptors (Lipinski definition) is 1. The molecule has 0 radical (unpaired) electrons. The molecule has 0 amide bonds. The third-order valence-electron chi connectivity index (χ3n) is 2.04. The van der Waals surface area contributed by atoms with Crippen LogP contribution in [0.2, 0.25) is 0 Å². The Labute approximate surface area is 82.2 Å². The molecule has 1 heteroatoms.